The second-order valence-corrected chi connectivity index (χ2v) is 3.58. The second kappa shape index (κ2) is 5.05. The quantitative estimate of drug-likeness (QED) is 0.611. The third kappa shape index (κ3) is 2.58. The van der Waals surface area contributed by atoms with E-state index in [1.54, 1.807) is 0 Å². The Morgan fingerprint density at radius 2 is 2.23 bits per heavy atom. The van der Waals surface area contributed by atoms with E-state index < -0.39 is 0 Å². The van der Waals surface area contributed by atoms with Crippen molar-refractivity contribution in [3.8, 4) is 0 Å². The van der Waals surface area contributed by atoms with Crippen LogP contribution < -0.4 is 0 Å². The Kier molecular flexibility index (Phi) is 4.00. The minimum Gasteiger partial charge on any atom is -0.491 e. The molecule has 0 aromatic carbocycles. The first kappa shape index (κ1) is 10.3. The first-order valence-electron chi connectivity index (χ1n) is 5.09. The second-order valence-electron chi connectivity index (χ2n) is 3.58. The summed E-state index contributed by atoms with van der Waals surface area (Å²) in [4.78, 5) is 11.8. The van der Waals surface area contributed by atoms with E-state index in [0.29, 0.717) is 0 Å². The summed E-state index contributed by atoms with van der Waals surface area (Å²) in [6, 6.07) is 0. The van der Waals surface area contributed by atoms with Gasteiger partial charge >= 0.3 is 0 Å². The van der Waals surface area contributed by atoms with Crippen molar-refractivity contribution in [3.63, 3.8) is 0 Å². The third-order valence-corrected chi connectivity index (χ3v) is 2.71. The van der Waals surface area contributed by atoms with Crippen molar-refractivity contribution in [1.29, 1.82) is 0 Å². The molecule has 0 aromatic rings. The summed E-state index contributed by atoms with van der Waals surface area (Å²) < 4.78 is 5.18. The molecule has 1 aliphatic rings. The van der Waals surface area contributed by atoms with E-state index in [0.717, 1.165) is 19.3 Å². The predicted molar refractivity (Wildman–Crippen MR) is 52.3 cm³/mol. The highest BCUT2D eigenvalue weighted by atomic mass is 16.5. The Morgan fingerprint density at radius 3 is 2.69 bits per heavy atom. The van der Waals surface area contributed by atoms with Crippen LogP contribution in [0.3, 0.4) is 0 Å². The summed E-state index contributed by atoms with van der Waals surface area (Å²) >= 11 is 0. The molecule has 1 aliphatic carbocycles. The van der Waals surface area contributed by atoms with Crippen molar-refractivity contribution in [2.24, 2.45) is 5.92 Å². The van der Waals surface area contributed by atoms with Gasteiger partial charge in [-0.1, -0.05) is 26.3 Å². The zero-order valence-electron chi connectivity index (χ0n) is 8.29. The van der Waals surface area contributed by atoms with Crippen molar-refractivity contribution in [3.05, 3.63) is 12.8 Å². The number of Topliss-reactive ketones (excluding diaryl/α,β-unsaturated/α-hetero) is 1. The van der Waals surface area contributed by atoms with Crippen LogP contribution in [-0.4, -0.2) is 11.9 Å². The highest BCUT2D eigenvalue weighted by molar-refractivity contribution is 5.85. The van der Waals surface area contributed by atoms with E-state index >= 15 is 0 Å². The molecule has 0 saturated heterocycles. The molecule has 0 heterocycles. The fourth-order valence-electron chi connectivity index (χ4n) is 1.95. The fraction of sp³-hybridized carbons (Fsp3) is 0.727. The molecule has 0 N–H and O–H groups in total. The van der Waals surface area contributed by atoms with Crippen LogP contribution in [-0.2, 0) is 9.53 Å². The summed E-state index contributed by atoms with van der Waals surface area (Å²) in [7, 11) is 0. The van der Waals surface area contributed by atoms with Gasteiger partial charge < -0.3 is 4.74 Å². The Balaban J connectivity index is 2.46. The molecular weight excluding hydrogens is 164 g/mol. The zero-order valence-corrected chi connectivity index (χ0v) is 8.29. The summed E-state index contributed by atoms with van der Waals surface area (Å²) in [6.07, 6.45) is 6.37. The Bertz CT molecular complexity index is 181. The van der Waals surface area contributed by atoms with Crippen LogP contribution in [0.25, 0.3) is 0 Å². The van der Waals surface area contributed by atoms with Crippen LogP contribution in [0.4, 0.5) is 0 Å². The molecule has 13 heavy (non-hydrogen) atoms. The minimum atomic E-state index is -0.249. The lowest BCUT2D eigenvalue weighted by atomic mass is 9.97. The lowest BCUT2D eigenvalue weighted by Gasteiger charge is -2.16. The maximum absolute atomic E-state index is 11.8. The number of hydrogen-bond donors (Lipinski definition) is 0. The number of rotatable bonds is 5. The van der Waals surface area contributed by atoms with Gasteiger partial charge in [0.15, 0.2) is 11.9 Å². The highest BCUT2D eigenvalue weighted by Crippen LogP contribution is 2.27. The zero-order chi connectivity index (χ0) is 9.68. The van der Waals surface area contributed by atoms with Gasteiger partial charge in [0.2, 0.25) is 0 Å². The number of ether oxygens (including phenoxy) is 1. The average Bonchev–Trinajstić information content (AvgIpc) is 2.65. The largest absolute Gasteiger partial charge is 0.491 e. The topological polar surface area (TPSA) is 26.3 Å². The normalized spacial score (nSPS) is 19.8. The predicted octanol–water partition coefficient (Wildman–Crippen LogP) is 2.68. The van der Waals surface area contributed by atoms with Crippen molar-refractivity contribution in [1.82, 2.24) is 0 Å². The number of carbonyl (C=O) groups is 1. The highest BCUT2D eigenvalue weighted by Gasteiger charge is 2.28. The van der Waals surface area contributed by atoms with Crippen LogP contribution in [0, 0.1) is 5.92 Å². The first-order valence-corrected chi connectivity index (χ1v) is 5.09. The molecule has 1 saturated carbocycles. The first-order chi connectivity index (χ1) is 6.29. The van der Waals surface area contributed by atoms with Gasteiger partial charge in [-0.2, -0.15) is 0 Å². The molecule has 0 aliphatic heterocycles. The minimum absolute atomic E-state index is 0.249. The molecule has 0 amide bonds. The Morgan fingerprint density at radius 1 is 1.62 bits per heavy atom. The van der Waals surface area contributed by atoms with Crippen LogP contribution in [0.5, 0.6) is 0 Å². The molecule has 1 rings (SSSR count). The molecule has 74 valence electrons. The molecule has 2 nitrogen and oxygen atoms in total. The summed E-state index contributed by atoms with van der Waals surface area (Å²) in [5.74, 6) is 0.532. The lowest BCUT2D eigenvalue weighted by molar-refractivity contribution is -0.131. The van der Waals surface area contributed by atoms with E-state index in [4.69, 9.17) is 4.74 Å². The molecule has 0 aromatic heterocycles. The van der Waals surface area contributed by atoms with Crippen molar-refractivity contribution in [2.45, 2.75) is 45.1 Å². The number of carbonyl (C=O) groups excluding carboxylic acids is 1. The molecule has 0 bridgehead atoms. The maximum Gasteiger partial charge on any atom is 0.176 e. The Labute approximate surface area is 80.0 Å². The van der Waals surface area contributed by atoms with E-state index in [9.17, 15) is 4.79 Å². The van der Waals surface area contributed by atoms with Gasteiger partial charge in [-0.05, 0) is 19.3 Å². The summed E-state index contributed by atoms with van der Waals surface area (Å²) in [5, 5.41) is 0. The average molecular weight is 182 g/mol. The van der Waals surface area contributed by atoms with Crippen molar-refractivity contribution in [2.75, 3.05) is 0 Å². The van der Waals surface area contributed by atoms with Crippen molar-refractivity contribution < 1.29 is 9.53 Å². The smallest absolute Gasteiger partial charge is 0.176 e. The molecule has 2 heteroatoms. The van der Waals surface area contributed by atoms with E-state index in [2.05, 4.69) is 6.58 Å². The number of hydrogen-bond acceptors (Lipinski definition) is 2. The number of ketones is 1. The van der Waals surface area contributed by atoms with E-state index in [-0.39, 0.29) is 17.8 Å². The van der Waals surface area contributed by atoms with Crippen LogP contribution in [0.1, 0.15) is 39.0 Å². The van der Waals surface area contributed by atoms with E-state index in [1.807, 2.05) is 6.92 Å². The standard InChI is InChI=1S/C11H18O2/c1-3-10(13-4-2)11(12)9-7-5-6-8-9/h4,9-10H,2-3,5-8H2,1H3. The molecule has 1 unspecified atom stereocenters. The van der Waals surface area contributed by atoms with E-state index in [1.165, 1.54) is 19.1 Å². The van der Waals surface area contributed by atoms with Gasteiger partial charge in [-0.15, -0.1) is 0 Å². The monoisotopic (exact) mass is 182 g/mol. The molecule has 0 spiro atoms. The third-order valence-electron chi connectivity index (χ3n) is 2.71. The summed E-state index contributed by atoms with van der Waals surface area (Å²) in [6.45, 7) is 5.46. The van der Waals surface area contributed by atoms with Crippen LogP contribution >= 0.6 is 0 Å². The lowest BCUT2D eigenvalue weighted by Crippen LogP contribution is -2.27. The molecule has 0 radical (unpaired) electrons. The van der Waals surface area contributed by atoms with Gasteiger partial charge in [0.05, 0.1) is 6.26 Å². The van der Waals surface area contributed by atoms with Gasteiger partial charge in [-0.3, -0.25) is 4.79 Å². The Hall–Kier alpha value is -0.790. The van der Waals surface area contributed by atoms with Gasteiger partial charge in [0, 0.05) is 5.92 Å². The molecule has 1 fully saturated rings. The molecular formula is C11H18O2. The summed E-state index contributed by atoms with van der Waals surface area (Å²) in [5.41, 5.74) is 0. The molecule has 1 atom stereocenters. The SMILES string of the molecule is C=COC(CC)C(=O)C1CCCC1. The fourth-order valence-corrected chi connectivity index (χ4v) is 1.95. The van der Waals surface area contributed by atoms with Crippen LogP contribution in [0.2, 0.25) is 0 Å². The maximum atomic E-state index is 11.8. The van der Waals surface area contributed by atoms with Gasteiger partial charge in [-0.25, -0.2) is 0 Å². The van der Waals surface area contributed by atoms with Gasteiger partial charge in [0.25, 0.3) is 0 Å². The van der Waals surface area contributed by atoms with Crippen molar-refractivity contribution >= 4 is 5.78 Å². The van der Waals surface area contributed by atoms with Gasteiger partial charge in [0.1, 0.15) is 0 Å². The van der Waals surface area contributed by atoms with Crippen LogP contribution in [0.15, 0.2) is 12.8 Å².